The average Bonchev–Trinajstić information content (AvgIpc) is 2.89. The molecule has 5 heteroatoms. The first kappa shape index (κ1) is 18.5. The zero-order valence-corrected chi connectivity index (χ0v) is 14.9. The molecule has 0 aromatic heterocycles. The van der Waals surface area contributed by atoms with Gasteiger partial charge < -0.3 is 10.2 Å². The van der Waals surface area contributed by atoms with E-state index in [1.807, 2.05) is 30.9 Å². The molecule has 0 bridgehead atoms. The number of amides is 2. The molecule has 0 aliphatic carbocycles. The molecule has 0 unspecified atom stereocenters. The van der Waals surface area contributed by atoms with Crippen LogP contribution in [0.15, 0.2) is 24.3 Å². The van der Waals surface area contributed by atoms with Crippen LogP contribution in [0.4, 0.5) is 5.69 Å². The van der Waals surface area contributed by atoms with Gasteiger partial charge in [-0.3, -0.25) is 14.5 Å². The lowest BCUT2D eigenvalue weighted by molar-refractivity contribution is -0.117. The molecular weight excluding hydrogens is 302 g/mol. The summed E-state index contributed by atoms with van der Waals surface area (Å²) >= 11 is 0. The second kappa shape index (κ2) is 9.42. The van der Waals surface area contributed by atoms with Gasteiger partial charge in [-0.15, -0.1) is 0 Å². The van der Waals surface area contributed by atoms with Crippen molar-refractivity contribution in [1.82, 2.24) is 9.80 Å². The first-order chi connectivity index (χ1) is 11.6. The fourth-order valence-electron chi connectivity index (χ4n) is 3.00. The van der Waals surface area contributed by atoms with Crippen LogP contribution >= 0.6 is 0 Å². The zero-order chi connectivity index (χ0) is 17.4. The third kappa shape index (κ3) is 5.34. The standard InChI is InChI=1S/C19H29N3O2/c1-3-21(4-2)15-18(23)20-17-11-9-16(10-12-17)19(24)22-13-7-5-6-8-14-22/h9-12H,3-8,13-15H2,1-2H3,(H,20,23). The smallest absolute Gasteiger partial charge is 0.253 e. The van der Waals surface area contributed by atoms with E-state index in [0.717, 1.165) is 44.7 Å². The summed E-state index contributed by atoms with van der Waals surface area (Å²) in [6.45, 7) is 7.88. The molecule has 1 aliphatic rings. The number of nitrogens with zero attached hydrogens (tertiary/aromatic N) is 2. The highest BCUT2D eigenvalue weighted by molar-refractivity contribution is 5.96. The highest BCUT2D eigenvalue weighted by Crippen LogP contribution is 2.15. The summed E-state index contributed by atoms with van der Waals surface area (Å²) in [6.07, 6.45) is 4.60. The summed E-state index contributed by atoms with van der Waals surface area (Å²) in [6, 6.07) is 7.23. The normalized spacial score (nSPS) is 15.2. The third-order valence-corrected chi connectivity index (χ3v) is 4.57. The molecule has 1 N–H and O–H groups in total. The van der Waals surface area contributed by atoms with Crippen molar-refractivity contribution in [3.8, 4) is 0 Å². The quantitative estimate of drug-likeness (QED) is 0.872. The van der Waals surface area contributed by atoms with Crippen LogP contribution < -0.4 is 5.32 Å². The largest absolute Gasteiger partial charge is 0.339 e. The van der Waals surface area contributed by atoms with Crippen LogP contribution in [0.25, 0.3) is 0 Å². The predicted octanol–water partition coefficient (Wildman–Crippen LogP) is 2.98. The Hall–Kier alpha value is -1.88. The Morgan fingerprint density at radius 3 is 2.12 bits per heavy atom. The van der Waals surface area contributed by atoms with Crippen LogP contribution in [0.1, 0.15) is 49.9 Å². The van der Waals surface area contributed by atoms with E-state index >= 15 is 0 Å². The van der Waals surface area contributed by atoms with Crippen molar-refractivity contribution in [2.45, 2.75) is 39.5 Å². The zero-order valence-electron chi connectivity index (χ0n) is 14.9. The molecule has 0 spiro atoms. The number of rotatable bonds is 6. The minimum atomic E-state index is -0.0229. The van der Waals surface area contributed by atoms with Crippen molar-refractivity contribution < 1.29 is 9.59 Å². The topological polar surface area (TPSA) is 52.7 Å². The molecule has 1 aromatic carbocycles. The second-order valence-electron chi connectivity index (χ2n) is 6.29. The molecular formula is C19H29N3O2. The van der Waals surface area contributed by atoms with Gasteiger partial charge in [0.05, 0.1) is 6.54 Å². The number of anilines is 1. The highest BCUT2D eigenvalue weighted by atomic mass is 16.2. The van der Waals surface area contributed by atoms with E-state index in [0.29, 0.717) is 12.1 Å². The van der Waals surface area contributed by atoms with Gasteiger partial charge in [0.1, 0.15) is 0 Å². The fourth-order valence-corrected chi connectivity index (χ4v) is 3.00. The van der Waals surface area contributed by atoms with Gasteiger partial charge in [0.2, 0.25) is 5.91 Å². The minimum Gasteiger partial charge on any atom is -0.339 e. The van der Waals surface area contributed by atoms with Gasteiger partial charge in [0.25, 0.3) is 5.91 Å². The first-order valence-electron chi connectivity index (χ1n) is 9.05. The Morgan fingerprint density at radius 1 is 1.00 bits per heavy atom. The molecule has 5 nitrogen and oxygen atoms in total. The lowest BCUT2D eigenvalue weighted by Crippen LogP contribution is -2.33. The van der Waals surface area contributed by atoms with E-state index in [2.05, 4.69) is 10.2 Å². The molecule has 1 heterocycles. The van der Waals surface area contributed by atoms with Crippen molar-refractivity contribution in [3.63, 3.8) is 0 Å². The molecule has 1 aliphatic heterocycles. The van der Waals surface area contributed by atoms with Gasteiger partial charge in [-0.05, 0) is 50.2 Å². The molecule has 1 saturated heterocycles. The average molecular weight is 331 g/mol. The molecule has 132 valence electrons. The van der Waals surface area contributed by atoms with Crippen molar-refractivity contribution in [3.05, 3.63) is 29.8 Å². The summed E-state index contributed by atoms with van der Waals surface area (Å²) in [5.41, 5.74) is 1.43. The number of carbonyl (C=O) groups excluding carboxylic acids is 2. The van der Waals surface area contributed by atoms with Crippen LogP contribution in [0.3, 0.4) is 0 Å². The van der Waals surface area contributed by atoms with Gasteiger partial charge in [-0.2, -0.15) is 0 Å². The van der Waals surface area contributed by atoms with Gasteiger partial charge in [0.15, 0.2) is 0 Å². The summed E-state index contributed by atoms with van der Waals surface area (Å²) in [7, 11) is 0. The third-order valence-electron chi connectivity index (χ3n) is 4.57. The fraction of sp³-hybridized carbons (Fsp3) is 0.579. The summed E-state index contributed by atoms with van der Waals surface area (Å²) < 4.78 is 0. The first-order valence-corrected chi connectivity index (χ1v) is 9.05. The summed E-state index contributed by atoms with van der Waals surface area (Å²) in [4.78, 5) is 28.6. The van der Waals surface area contributed by atoms with E-state index in [4.69, 9.17) is 0 Å². The van der Waals surface area contributed by atoms with Gasteiger partial charge >= 0.3 is 0 Å². The predicted molar refractivity (Wildman–Crippen MR) is 97.2 cm³/mol. The molecule has 0 radical (unpaired) electrons. The maximum Gasteiger partial charge on any atom is 0.253 e. The number of likely N-dealkylation sites (N-methyl/N-ethyl adjacent to an activating group) is 1. The SMILES string of the molecule is CCN(CC)CC(=O)Nc1ccc(C(=O)N2CCCCCC2)cc1. The molecule has 0 atom stereocenters. The van der Waals surface area contributed by atoms with Gasteiger partial charge in [-0.1, -0.05) is 26.7 Å². The highest BCUT2D eigenvalue weighted by Gasteiger charge is 2.17. The maximum atomic E-state index is 12.5. The van der Waals surface area contributed by atoms with Gasteiger partial charge in [0, 0.05) is 24.3 Å². The minimum absolute atomic E-state index is 0.0229. The number of likely N-dealkylation sites (tertiary alicyclic amines) is 1. The van der Waals surface area contributed by atoms with Crippen molar-refractivity contribution in [1.29, 1.82) is 0 Å². The van der Waals surface area contributed by atoms with E-state index < -0.39 is 0 Å². The van der Waals surface area contributed by atoms with Gasteiger partial charge in [-0.25, -0.2) is 0 Å². The summed E-state index contributed by atoms with van der Waals surface area (Å²) in [5.74, 6) is 0.0724. The molecule has 1 aromatic rings. The van der Waals surface area contributed by atoms with Crippen LogP contribution in [0, 0.1) is 0 Å². The Labute approximate surface area is 145 Å². The number of hydrogen-bond donors (Lipinski definition) is 1. The second-order valence-corrected chi connectivity index (χ2v) is 6.29. The maximum absolute atomic E-state index is 12.5. The summed E-state index contributed by atoms with van der Waals surface area (Å²) in [5, 5.41) is 2.89. The van der Waals surface area contributed by atoms with Crippen LogP contribution in [0.2, 0.25) is 0 Å². The van der Waals surface area contributed by atoms with Crippen LogP contribution in [-0.2, 0) is 4.79 Å². The van der Waals surface area contributed by atoms with E-state index in [1.165, 1.54) is 12.8 Å². The van der Waals surface area contributed by atoms with E-state index in [-0.39, 0.29) is 11.8 Å². The molecule has 2 rings (SSSR count). The Balaban J connectivity index is 1.92. The van der Waals surface area contributed by atoms with Crippen molar-refractivity contribution in [2.75, 3.05) is 38.0 Å². The Kier molecular flexibility index (Phi) is 7.25. The van der Waals surface area contributed by atoms with E-state index in [9.17, 15) is 9.59 Å². The number of nitrogens with one attached hydrogen (secondary N) is 1. The number of carbonyl (C=O) groups is 2. The lowest BCUT2D eigenvalue weighted by atomic mass is 10.1. The molecule has 2 amide bonds. The van der Waals surface area contributed by atoms with Crippen LogP contribution in [0.5, 0.6) is 0 Å². The monoisotopic (exact) mass is 331 g/mol. The van der Waals surface area contributed by atoms with E-state index in [1.54, 1.807) is 12.1 Å². The number of benzene rings is 1. The molecule has 1 fully saturated rings. The van der Waals surface area contributed by atoms with Crippen molar-refractivity contribution >= 4 is 17.5 Å². The number of hydrogen-bond acceptors (Lipinski definition) is 3. The Bertz CT molecular complexity index is 530. The van der Waals surface area contributed by atoms with Crippen molar-refractivity contribution in [2.24, 2.45) is 0 Å². The van der Waals surface area contributed by atoms with Crippen LogP contribution in [-0.4, -0.2) is 54.3 Å². The molecule has 0 saturated carbocycles. The lowest BCUT2D eigenvalue weighted by Gasteiger charge is -2.20. The molecule has 24 heavy (non-hydrogen) atoms. The Morgan fingerprint density at radius 2 is 1.58 bits per heavy atom.